The van der Waals surface area contributed by atoms with E-state index >= 15 is 0 Å². The van der Waals surface area contributed by atoms with Crippen LogP contribution in [0.2, 0.25) is 0 Å². The van der Waals surface area contributed by atoms with Crippen molar-refractivity contribution in [2.75, 3.05) is 17.7 Å². The monoisotopic (exact) mass is 240 g/mol. The Bertz CT molecular complexity index is 503. The van der Waals surface area contributed by atoms with E-state index in [1.165, 1.54) is 12.0 Å². The van der Waals surface area contributed by atoms with E-state index in [9.17, 15) is 0 Å². The number of nitrogens with two attached hydrogens (primary N) is 1. The van der Waals surface area contributed by atoms with Crippen molar-refractivity contribution in [2.45, 2.75) is 19.8 Å². The molecule has 0 heterocycles. The van der Waals surface area contributed by atoms with E-state index in [0.29, 0.717) is 0 Å². The molecule has 0 fully saturated rings. The topological polar surface area (TPSA) is 29.3 Å². The van der Waals surface area contributed by atoms with E-state index in [2.05, 4.69) is 36.1 Å². The largest absolute Gasteiger partial charge is 0.397 e. The van der Waals surface area contributed by atoms with Gasteiger partial charge in [0.25, 0.3) is 0 Å². The second-order valence-corrected chi connectivity index (χ2v) is 4.53. The van der Waals surface area contributed by atoms with Crippen molar-refractivity contribution in [1.82, 2.24) is 0 Å². The van der Waals surface area contributed by atoms with E-state index in [1.54, 1.807) is 0 Å². The molecule has 0 amide bonds. The average molecular weight is 240 g/mol. The molecule has 0 aliphatic rings. The van der Waals surface area contributed by atoms with Crippen molar-refractivity contribution in [2.24, 2.45) is 0 Å². The Balaban J connectivity index is 2.23. The predicted molar refractivity (Wildman–Crippen MR) is 79.4 cm³/mol. The number of hydrogen-bond donors (Lipinski definition) is 1. The van der Waals surface area contributed by atoms with Crippen molar-refractivity contribution >= 4 is 17.1 Å². The van der Waals surface area contributed by atoms with Gasteiger partial charge in [-0.25, -0.2) is 0 Å². The summed E-state index contributed by atoms with van der Waals surface area (Å²) < 4.78 is 0. The zero-order valence-electron chi connectivity index (χ0n) is 11.1. The summed E-state index contributed by atoms with van der Waals surface area (Å²) in [7, 11) is 2.04. The number of nitrogen functional groups attached to an aromatic ring is 1. The molecule has 0 unspecified atom stereocenters. The molecular weight excluding hydrogens is 220 g/mol. The zero-order chi connectivity index (χ0) is 13.0. The third-order valence-electron chi connectivity index (χ3n) is 3.16. The summed E-state index contributed by atoms with van der Waals surface area (Å²) in [5.41, 5.74) is 10.4. The van der Waals surface area contributed by atoms with E-state index in [-0.39, 0.29) is 0 Å². The van der Waals surface area contributed by atoms with Crippen LogP contribution in [0.1, 0.15) is 18.9 Å². The minimum Gasteiger partial charge on any atom is -0.397 e. The lowest BCUT2D eigenvalue weighted by molar-refractivity contribution is 0.921. The maximum atomic E-state index is 5.99. The highest BCUT2D eigenvalue weighted by molar-refractivity contribution is 5.74. The van der Waals surface area contributed by atoms with Crippen LogP contribution in [-0.2, 0) is 6.42 Å². The first-order chi connectivity index (χ1) is 8.72. The summed E-state index contributed by atoms with van der Waals surface area (Å²) in [4.78, 5) is 2.12. The third-order valence-corrected chi connectivity index (χ3v) is 3.16. The van der Waals surface area contributed by atoms with E-state index < -0.39 is 0 Å². The van der Waals surface area contributed by atoms with Gasteiger partial charge in [-0.1, -0.05) is 37.6 Å². The predicted octanol–water partition coefficient (Wildman–Crippen LogP) is 3.99. The number of aryl methyl sites for hydroxylation is 1. The summed E-state index contributed by atoms with van der Waals surface area (Å²) in [6.07, 6.45) is 2.32. The molecule has 2 nitrogen and oxygen atoms in total. The van der Waals surface area contributed by atoms with Crippen molar-refractivity contribution < 1.29 is 0 Å². The summed E-state index contributed by atoms with van der Waals surface area (Å²) in [6, 6.07) is 16.6. The normalized spacial score (nSPS) is 10.3. The third kappa shape index (κ3) is 2.65. The molecule has 2 rings (SSSR count). The average Bonchev–Trinajstić information content (AvgIpc) is 2.40. The van der Waals surface area contributed by atoms with Crippen LogP contribution in [-0.4, -0.2) is 7.05 Å². The quantitative estimate of drug-likeness (QED) is 0.819. The molecule has 2 aromatic rings. The molecule has 0 bridgehead atoms. The lowest BCUT2D eigenvalue weighted by Gasteiger charge is -2.21. The van der Waals surface area contributed by atoms with Crippen LogP contribution in [0.15, 0.2) is 48.5 Å². The van der Waals surface area contributed by atoms with Gasteiger partial charge in [0, 0.05) is 12.7 Å². The van der Waals surface area contributed by atoms with Gasteiger partial charge in [0.05, 0.1) is 11.4 Å². The molecular formula is C16H20N2. The summed E-state index contributed by atoms with van der Waals surface area (Å²) in [5, 5.41) is 0. The number of nitrogens with zero attached hydrogens (tertiary/aromatic N) is 1. The highest BCUT2D eigenvalue weighted by Crippen LogP contribution is 2.28. The molecule has 0 aromatic heterocycles. The molecule has 94 valence electrons. The van der Waals surface area contributed by atoms with Gasteiger partial charge in [-0.2, -0.15) is 0 Å². The van der Waals surface area contributed by atoms with Crippen LogP contribution in [0.25, 0.3) is 0 Å². The van der Waals surface area contributed by atoms with E-state index in [4.69, 9.17) is 5.73 Å². The molecule has 0 spiro atoms. The maximum Gasteiger partial charge on any atom is 0.0641 e. The number of benzene rings is 2. The molecule has 0 aliphatic carbocycles. The Hall–Kier alpha value is -1.96. The zero-order valence-corrected chi connectivity index (χ0v) is 11.1. The van der Waals surface area contributed by atoms with Crippen molar-refractivity contribution in [3.05, 3.63) is 54.1 Å². The number of hydrogen-bond acceptors (Lipinski definition) is 2. The molecule has 0 saturated heterocycles. The number of rotatable bonds is 4. The first-order valence-electron chi connectivity index (χ1n) is 6.39. The summed E-state index contributed by atoms with van der Waals surface area (Å²) in [5.74, 6) is 0. The molecule has 0 aliphatic heterocycles. The fourth-order valence-corrected chi connectivity index (χ4v) is 2.11. The number of anilines is 3. The minimum absolute atomic E-state index is 0.803. The van der Waals surface area contributed by atoms with Gasteiger partial charge >= 0.3 is 0 Å². The van der Waals surface area contributed by atoms with Crippen molar-refractivity contribution in [3.8, 4) is 0 Å². The smallest absolute Gasteiger partial charge is 0.0641 e. The molecule has 2 N–H and O–H groups in total. The van der Waals surface area contributed by atoms with Crippen molar-refractivity contribution in [3.63, 3.8) is 0 Å². The summed E-state index contributed by atoms with van der Waals surface area (Å²) >= 11 is 0. The molecule has 0 saturated carbocycles. The molecule has 18 heavy (non-hydrogen) atoms. The second-order valence-electron chi connectivity index (χ2n) is 4.53. The van der Waals surface area contributed by atoms with E-state index in [1.807, 2.05) is 31.3 Å². The summed E-state index contributed by atoms with van der Waals surface area (Å²) in [6.45, 7) is 2.20. The second kappa shape index (κ2) is 5.58. The fraction of sp³-hybridized carbons (Fsp3) is 0.250. The van der Waals surface area contributed by atoms with Crippen LogP contribution in [0.4, 0.5) is 17.1 Å². The Kier molecular flexibility index (Phi) is 3.88. The molecule has 2 heteroatoms. The van der Waals surface area contributed by atoms with Gasteiger partial charge in [0.15, 0.2) is 0 Å². The van der Waals surface area contributed by atoms with Crippen LogP contribution in [0.3, 0.4) is 0 Å². The van der Waals surface area contributed by atoms with Gasteiger partial charge in [-0.15, -0.1) is 0 Å². The standard InChI is InChI=1S/C16H20N2/c1-3-6-13-9-11-14(12-10-13)18(2)16-8-5-4-7-15(16)17/h4-5,7-12H,3,6,17H2,1-2H3. The Morgan fingerprint density at radius 2 is 1.67 bits per heavy atom. The highest BCUT2D eigenvalue weighted by atomic mass is 15.1. The lowest BCUT2D eigenvalue weighted by atomic mass is 10.1. The van der Waals surface area contributed by atoms with Gasteiger partial charge < -0.3 is 10.6 Å². The maximum absolute atomic E-state index is 5.99. The van der Waals surface area contributed by atoms with E-state index in [0.717, 1.165) is 23.5 Å². The highest BCUT2D eigenvalue weighted by Gasteiger charge is 2.06. The minimum atomic E-state index is 0.803. The van der Waals surface area contributed by atoms with Crippen LogP contribution < -0.4 is 10.6 Å². The van der Waals surface area contributed by atoms with Crippen LogP contribution in [0.5, 0.6) is 0 Å². The lowest BCUT2D eigenvalue weighted by Crippen LogP contribution is -2.11. The molecule has 0 radical (unpaired) electrons. The SMILES string of the molecule is CCCc1ccc(N(C)c2ccccc2N)cc1. The van der Waals surface area contributed by atoms with Gasteiger partial charge in [0.2, 0.25) is 0 Å². The fourth-order valence-electron chi connectivity index (χ4n) is 2.11. The molecule has 0 atom stereocenters. The van der Waals surface area contributed by atoms with Crippen molar-refractivity contribution in [1.29, 1.82) is 0 Å². The molecule has 2 aromatic carbocycles. The van der Waals surface area contributed by atoms with Gasteiger partial charge in [0.1, 0.15) is 0 Å². The Morgan fingerprint density at radius 3 is 2.28 bits per heavy atom. The first kappa shape index (κ1) is 12.5. The van der Waals surface area contributed by atoms with Crippen LogP contribution >= 0.6 is 0 Å². The first-order valence-corrected chi connectivity index (χ1v) is 6.39. The van der Waals surface area contributed by atoms with Crippen LogP contribution in [0, 0.1) is 0 Å². The number of para-hydroxylation sites is 2. The van der Waals surface area contributed by atoms with Gasteiger partial charge in [-0.05, 0) is 36.2 Å². The van der Waals surface area contributed by atoms with Gasteiger partial charge in [-0.3, -0.25) is 0 Å². The Labute approximate surface area is 109 Å². The Morgan fingerprint density at radius 1 is 1.00 bits per heavy atom.